The Kier molecular flexibility index (Phi) is 6.30. The van der Waals surface area contributed by atoms with E-state index in [9.17, 15) is 0 Å². The van der Waals surface area contributed by atoms with E-state index in [-0.39, 0.29) is 0 Å². The normalized spacial score (nSPS) is 12.2. The number of ether oxygens (including phenoxy) is 1. The third-order valence-corrected chi connectivity index (χ3v) is 2.99. The van der Waals surface area contributed by atoms with Crippen LogP contribution < -0.4 is 10.1 Å². The van der Waals surface area contributed by atoms with Gasteiger partial charge in [0, 0.05) is 16.1 Å². The third-order valence-electron chi connectivity index (χ3n) is 2.50. The minimum Gasteiger partial charge on any atom is -0.489 e. The Hall–Kier alpha value is -0.800. The van der Waals surface area contributed by atoms with Gasteiger partial charge in [-0.2, -0.15) is 0 Å². The molecule has 3 heteroatoms. The number of halogens is 1. The van der Waals surface area contributed by atoms with Crippen molar-refractivity contribution in [2.45, 2.75) is 26.3 Å². The molecule has 0 aliphatic carbocycles. The summed E-state index contributed by atoms with van der Waals surface area (Å²) in [7, 11) is 0. The van der Waals surface area contributed by atoms with Crippen LogP contribution >= 0.6 is 15.9 Å². The molecule has 1 rings (SSSR count). The molecule has 0 saturated carbocycles. The molecule has 0 radical (unpaired) electrons. The van der Waals surface area contributed by atoms with E-state index in [0.717, 1.165) is 23.2 Å². The molecule has 1 unspecified atom stereocenters. The number of benzene rings is 1. The summed E-state index contributed by atoms with van der Waals surface area (Å²) >= 11 is 3.46. The summed E-state index contributed by atoms with van der Waals surface area (Å²) in [5.41, 5.74) is 1.18. The van der Waals surface area contributed by atoms with E-state index in [4.69, 9.17) is 4.74 Å². The van der Waals surface area contributed by atoms with Crippen molar-refractivity contribution in [2.24, 2.45) is 0 Å². The maximum Gasteiger partial charge on any atom is 0.125 e. The van der Waals surface area contributed by atoms with Crippen molar-refractivity contribution in [2.75, 3.05) is 13.2 Å². The molecule has 1 aromatic carbocycles. The van der Waals surface area contributed by atoms with E-state index in [2.05, 4.69) is 47.7 Å². The highest BCUT2D eigenvalue weighted by Gasteiger charge is 2.11. The summed E-state index contributed by atoms with van der Waals surface area (Å²) in [5, 5.41) is 3.46. The van der Waals surface area contributed by atoms with Gasteiger partial charge in [0.2, 0.25) is 0 Å². The number of hydrogen-bond acceptors (Lipinski definition) is 2. The van der Waals surface area contributed by atoms with Crippen LogP contribution in [0.15, 0.2) is 35.3 Å². The minimum absolute atomic E-state index is 0.294. The van der Waals surface area contributed by atoms with Crippen molar-refractivity contribution in [1.82, 2.24) is 5.32 Å². The van der Waals surface area contributed by atoms with E-state index < -0.39 is 0 Å². The van der Waals surface area contributed by atoms with Gasteiger partial charge in [-0.25, -0.2) is 0 Å². The Morgan fingerprint density at radius 1 is 1.53 bits per heavy atom. The van der Waals surface area contributed by atoms with Crippen molar-refractivity contribution in [1.29, 1.82) is 0 Å². The first-order valence-corrected chi connectivity index (χ1v) is 6.74. The van der Waals surface area contributed by atoms with Crippen LogP contribution in [0.2, 0.25) is 0 Å². The molecular weight excluding hydrogens is 278 g/mol. The SMILES string of the molecule is C=CCOc1cc(Br)ccc1C(C)NCCC. The highest BCUT2D eigenvalue weighted by molar-refractivity contribution is 9.10. The highest BCUT2D eigenvalue weighted by atomic mass is 79.9. The minimum atomic E-state index is 0.294. The van der Waals surface area contributed by atoms with Gasteiger partial charge in [-0.1, -0.05) is 41.6 Å². The zero-order chi connectivity index (χ0) is 12.7. The van der Waals surface area contributed by atoms with Crippen molar-refractivity contribution in [3.63, 3.8) is 0 Å². The molecule has 0 fully saturated rings. The van der Waals surface area contributed by atoms with Crippen LogP contribution in [0.1, 0.15) is 31.9 Å². The lowest BCUT2D eigenvalue weighted by Crippen LogP contribution is -2.20. The Morgan fingerprint density at radius 3 is 2.94 bits per heavy atom. The standard InChI is InChI=1S/C14H20BrNO/c1-4-8-16-11(3)13-7-6-12(15)10-14(13)17-9-5-2/h5-7,10-11,16H,2,4,8-9H2,1,3H3. The zero-order valence-electron chi connectivity index (χ0n) is 10.5. The first kappa shape index (κ1) is 14.3. The van der Waals surface area contributed by atoms with Gasteiger partial charge in [-0.15, -0.1) is 0 Å². The van der Waals surface area contributed by atoms with Crippen molar-refractivity contribution < 1.29 is 4.74 Å². The lowest BCUT2D eigenvalue weighted by Gasteiger charge is -2.18. The summed E-state index contributed by atoms with van der Waals surface area (Å²) in [4.78, 5) is 0. The van der Waals surface area contributed by atoms with Gasteiger partial charge in [-0.05, 0) is 32.0 Å². The smallest absolute Gasteiger partial charge is 0.125 e. The van der Waals surface area contributed by atoms with Crippen molar-refractivity contribution in [3.8, 4) is 5.75 Å². The second-order valence-corrected chi connectivity index (χ2v) is 4.87. The molecule has 1 atom stereocenters. The quantitative estimate of drug-likeness (QED) is 0.766. The maximum atomic E-state index is 5.68. The zero-order valence-corrected chi connectivity index (χ0v) is 12.1. The molecule has 17 heavy (non-hydrogen) atoms. The highest BCUT2D eigenvalue weighted by Crippen LogP contribution is 2.28. The van der Waals surface area contributed by atoms with Crippen LogP contribution in [0.5, 0.6) is 5.75 Å². The third kappa shape index (κ3) is 4.52. The summed E-state index contributed by atoms with van der Waals surface area (Å²) in [5.74, 6) is 0.912. The van der Waals surface area contributed by atoms with Gasteiger partial charge in [0.1, 0.15) is 12.4 Å². The van der Waals surface area contributed by atoms with Crippen molar-refractivity contribution in [3.05, 3.63) is 40.9 Å². The van der Waals surface area contributed by atoms with Crippen LogP contribution in [-0.2, 0) is 0 Å². The fourth-order valence-electron chi connectivity index (χ4n) is 1.61. The van der Waals surface area contributed by atoms with Crippen LogP contribution in [0.4, 0.5) is 0 Å². The van der Waals surface area contributed by atoms with E-state index in [1.165, 1.54) is 5.56 Å². The molecule has 0 saturated heterocycles. The van der Waals surface area contributed by atoms with Gasteiger partial charge < -0.3 is 10.1 Å². The Bertz CT molecular complexity index is 365. The molecule has 0 heterocycles. The maximum absolute atomic E-state index is 5.68. The van der Waals surface area contributed by atoms with E-state index in [1.54, 1.807) is 6.08 Å². The molecule has 0 bridgehead atoms. The molecule has 2 nitrogen and oxygen atoms in total. The Morgan fingerprint density at radius 2 is 2.29 bits per heavy atom. The second-order valence-electron chi connectivity index (χ2n) is 3.96. The summed E-state index contributed by atoms with van der Waals surface area (Å²) in [6.07, 6.45) is 2.89. The van der Waals surface area contributed by atoms with Gasteiger partial charge in [-0.3, -0.25) is 0 Å². The summed E-state index contributed by atoms with van der Waals surface area (Å²) in [6.45, 7) is 9.53. The lowest BCUT2D eigenvalue weighted by molar-refractivity contribution is 0.354. The fourth-order valence-corrected chi connectivity index (χ4v) is 1.95. The molecule has 0 aliphatic rings. The lowest BCUT2D eigenvalue weighted by atomic mass is 10.1. The van der Waals surface area contributed by atoms with Crippen LogP contribution in [0.25, 0.3) is 0 Å². The topological polar surface area (TPSA) is 21.3 Å². The molecule has 94 valence electrons. The average Bonchev–Trinajstić information content (AvgIpc) is 2.33. The Balaban J connectivity index is 2.84. The molecule has 1 aromatic rings. The fraction of sp³-hybridized carbons (Fsp3) is 0.429. The largest absolute Gasteiger partial charge is 0.489 e. The molecule has 1 N–H and O–H groups in total. The second kappa shape index (κ2) is 7.51. The first-order chi connectivity index (χ1) is 8.19. The number of nitrogens with one attached hydrogen (secondary N) is 1. The van der Waals surface area contributed by atoms with Crippen LogP contribution in [-0.4, -0.2) is 13.2 Å². The molecule has 0 spiro atoms. The van der Waals surface area contributed by atoms with E-state index >= 15 is 0 Å². The van der Waals surface area contributed by atoms with Gasteiger partial charge in [0.15, 0.2) is 0 Å². The van der Waals surface area contributed by atoms with E-state index in [0.29, 0.717) is 12.6 Å². The Labute approximate surface area is 112 Å². The van der Waals surface area contributed by atoms with Crippen LogP contribution in [0.3, 0.4) is 0 Å². The first-order valence-electron chi connectivity index (χ1n) is 5.95. The average molecular weight is 298 g/mol. The van der Waals surface area contributed by atoms with Crippen molar-refractivity contribution >= 4 is 15.9 Å². The number of rotatable bonds is 7. The molecule has 0 amide bonds. The predicted octanol–water partition coefficient (Wildman–Crippen LogP) is 4.07. The molecular formula is C14H20BrNO. The molecule has 0 aliphatic heterocycles. The van der Waals surface area contributed by atoms with Gasteiger partial charge >= 0.3 is 0 Å². The molecule has 0 aromatic heterocycles. The van der Waals surface area contributed by atoms with Crippen LogP contribution in [0, 0.1) is 0 Å². The monoisotopic (exact) mass is 297 g/mol. The van der Waals surface area contributed by atoms with Gasteiger partial charge in [0.05, 0.1) is 0 Å². The predicted molar refractivity (Wildman–Crippen MR) is 76.5 cm³/mol. The summed E-state index contributed by atoms with van der Waals surface area (Å²) in [6, 6.07) is 6.43. The summed E-state index contributed by atoms with van der Waals surface area (Å²) < 4.78 is 6.71. The number of hydrogen-bond donors (Lipinski definition) is 1. The van der Waals surface area contributed by atoms with E-state index in [1.807, 2.05) is 12.1 Å². The van der Waals surface area contributed by atoms with Gasteiger partial charge in [0.25, 0.3) is 0 Å².